The van der Waals surface area contributed by atoms with Gasteiger partial charge in [0, 0.05) is 23.4 Å². The number of furan rings is 1. The molecule has 14 heteroatoms. The van der Waals surface area contributed by atoms with E-state index in [4.69, 9.17) is 16.6 Å². The van der Waals surface area contributed by atoms with E-state index in [1.54, 1.807) is 0 Å². The number of rotatable bonds is 4. The topological polar surface area (TPSA) is 97.4 Å². The normalized spacial score (nSPS) is 11.7. The van der Waals surface area contributed by atoms with Gasteiger partial charge < -0.3 is 9.73 Å². The second-order valence-corrected chi connectivity index (χ2v) is 7.08. The first-order valence-electron chi connectivity index (χ1n) is 9.00. The highest BCUT2D eigenvalue weighted by molar-refractivity contribution is 7.80. The summed E-state index contributed by atoms with van der Waals surface area (Å²) in [5, 5.41) is 14.5. The smallest absolute Gasteiger partial charge is 0.416 e. The van der Waals surface area contributed by atoms with E-state index in [1.807, 2.05) is 0 Å². The predicted octanol–water partition coefficient (Wildman–Crippen LogP) is 6.02. The number of amides is 1. The summed E-state index contributed by atoms with van der Waals surface area (Å²) in [6.07, 6.45) is -10.1. The van der Waals surface area contributed by atoms with Crippen molar-refractivity contribution in [3.05, 3.63) is 81.6 Å². The van der Waals surface area contributed by atoms with Gasteiger partial charge in [-0.3, -0.25) is 20.2 Å². The van der Waals surface area contributed by atoms with E-state index in [0.29, 0.717) is 12.1 Å². The molecule has 3 aromatic rings. The lowest BCUT2D eigenvalue weighted by Crippen LogP contribution is -2.34. The molecule has 0 radical (unpaired) electrons. The summed E-state index contributed by atoms with van der Waals surface area (Å²) < 4.78 is 83.1. The molecule has 0 saturated heterocycles. The van der Waals surface area contributed by atoms with Crippen molar-refractivity contribution < 1.29 is 40.5 Å². The first kappa shape index (κ1) is 24.7. The van der Waals surface area contributed by atoms with E-state index in [0.717, 1.165) is 0 Å². The SMILES string of the molecule is O=C(NC(=S)Nc1cc(C(F)(F)F)cc(C(F)(F)F)c1)c1ccc(-c2cccc([N+](=O)[O-])c2)o1. The third kappa shape index (κ3) is 5.89. The molecule has 0 aliphatic carbocycles. The van der Waals surface area contributed by atoms with Crippen molar-refractivity contribution in [3.63, 3.8) is 0 Å². The Morgan fingerprint density at radius 2 is 1.56 bits per heavy atom. The van der Waals surface area contributed by atoms with Gasteiger partial charge in [-0.15, -0.1) is 0 Å². The summed E-state index contributed by atoms with van der Waals surface area (Å²) in [7, 11) is 0. The lowest BCUT2D eigenvalue weighted by molar-refractivity contribution is -0.384. The maximum Gasteiger partial charge on any atom is 0.416 e. The van der Waals surface area contributed by atoms with Crippen LogP contribution in [0.3, 0.4) is 0 Å². The minimum Gasteiger partial charge on any atom is -0.451 e. The summed E-state index contributed by atoms with van der Waals surface area (Å²) in [5.41, 5.74) is -3.70. The zero-order valence-corrected chi connectivity index (χ0v) is 17.3. The molecule has 2 N–H and O–H groups in total. The van der Waals surface area contributed by atoms with E-state index in [2.05, 4.69) is 10.6 Å². The van der Waals surface area contributed by atoms with Crippen molar-refractivity contribution in [3.8, 4) is 11.3 Å². The molecular formula is C20H11F6N3O4S. The van der Waals surface area contributed by atoms with Crippen LogP contribution in [0.4, 0.5) is 37.7 Å². The highest BCUT2D eigenvalue weighted by Gasteiger charge is 2.37. The monoisotopic (exact) mass is 503 g/mol. The Hall–Kier alpha value is -3.94. The van der Waals surface area contributed by atoms with Gasteiger partial charge in [-0.2, -0.15) is 26.3 Å². The van der Waals surface area contributed by atoms with Crippen LogP contribution in [-0.2, 0) is 12.4 Å². The summed E-state index contributed by atoms with van der Waals surface area (Å²) in [4.78, 5) is 22.6. The maximum atomic E-state index is 13.0. The van der Waals surface area contributed by atoms with Gasteiger partial charge in [0.1, 0.15) is 5.76 Å². The molecule has 0 atom stereocenters. The summed E-state index contributed by atoms with van der Waals surface area (Å²) >= 11 is 4.81. The quantitative estimate of drug-likeness (QED) is 0.196. The molecule has 0 fully saturated rings. The number of benzene rings is 2. The molecule has 0 aliphatic heterocycles. The van der Waals surface area contributed by atoms with Crippen LogP contribution in [0.15, 0.2) is 59.0 Å². The molecule has 1 amide bonds. The minimum absolute atomic E-state index is 0.0505. The number of nitro benzene ring substituents is 1. The molecule has 1 heterocycles. The summed E-state index contributed by atoms with van der Waals surface area (Å²) in [5.74, 6) is -1.18. The Morgan fingerprint density at radius 1 is 0.941 bits per heavy atom. The van der Waals surface area contributed by atoms with Crippen molar-refractivity contribution in [1.82, 2.24) is 5.32 Å². The third-order valence-electron chi connectivity index (χ3n) is 4.24. The number of hydrogen-bond acceptors (Lipinski definition) is 5. The number of halogens is 6. The van der Waals surface area contributed by atoms with Crippen LogP contribution in [-0.4, -0.2) is 15.9 Å². The van der Waals surface area contributed by atoms with E-state index < -0.39 is 45.1 Å². The average molecular weight is 503 g/mol. The number of carbonyl (C=O) groups excluding carboxylic acids is 1. The number of thiocarbonyl (C=S) groups is 1. The lowest BCUT2D eigenvalue weighted by atomic mass is 10.1. The second kappa shape index (κ2) is 9.13. The number of anilines is 1. The number of carbonyl (C=O) groups is 1. The predicted molar refractivity (Wildman–Crippen MR) is 111 cm³/mol. The van der Waals surface area contributed by atoms with Gasteiger partial charge in [0.25, 0.3) is 11.6 Å². The van der Waals surface area contributed by atoms with E-state index in [1.165, 1.54) is 36.4 Å². The van der Waals surface area contributed by atoms with Crippen LogP contribution in [0.2, 0.25) is 0 Å². The fraction of sp³-hybridized carbons (Fsp3) is 0.100. The highest BCUT2D eigenvalue weighted by atomic mass is 32.1. The van der Waals surface area contributed by atoms with Crippen molar-refractivity contribution in [1.29, 1.82) is 0 Å². The van der Waals surface area contributed by atoms with Gasteiger partial charge in [0.05, 0.1) is 16.1 Å². The van der Waals surface area contributed by atoms with Crippen molar-refractivity contribution in [2.45, 2.75) is 12.4 Å². The number of nitro groups is 1. The number of hydrogen-bond donors (Lipinski definition) is 2. The second-order valence-electron chi connectivity index (χ2n) is 6.67. The van der Waals surface area contributed by atoms with Gasteiger partial charge in [-0.1, -0.05) is 12.1 Å². The standard InChI is InChI=1S/C20H11F6N3O4S/c21-19(22,23)11-7-12(20(24,25)26)9-13(8-11)27-18(34)28-17(30)16-5-4-15(33-16)10-2-1-3-14(6-10)29(31)32/h1-9H,(H2,27,28,30,34). The molecule has 0 unspecified atom stereocenters. The van der Waals surface area contributed by atoms with Crippen LogP contribution in [0.5, 0.6) is 0 Å². The Bertz CT molecular complexity index is 1240. The minimum atomic E-state index is -5.06. The zero-order valence-electron chi connectivity index (χ0n) is 16.5. The van der Waals surface area contributed by atoms with E-state index in [9.17, 15) is 41.3 Å². The molecule has 0 aliphatic rings. The van der Waals surface area contributed by atoms with Gasteiger partial charge in [-0.25, -0.2) is 0 Å². The van der Waals surface area contributed by atoms with Gasteiger partial charge in [0.2, 0.25) is 0 Å². The Labute approximate surface area is 191 Å². The third-order valence-corrected chi connectivity index (χ3v) is 4.45. The van der Waals surface area contributed by atoms with Crippen LogP contribution in [0.1, 0.15) is 21.7 Å². The Morgan fingerprint density at radius 3 is 2.12 bits per heavy atom. The number of non-ortho nitro benzene ring substituents is 1. The Kier molecular flexibility index (Phi) is 6.63. The average Bonchev–Trinajstić information content (AvgIpc) is 3.23. The van der Waals surface area contributed by atoms with Gasteiger partial charge in [-0.05, 0) is 42.5 Å². The van der Waals surface area contributed by atoms with Crippen LogP contribution < -0.4 is 10.6 Å². The fourth-order valence-electron chi connectivity index (χ4n) is 2.74. The molecule has 3 rings (SSSR count). The molecule has 0 saturated carbocycles. The van der Waals surface area contributed by atoms with Crippen molar-refractivity contribution in [2.75, 3.05) is 5.32 Å². The molecule has 2 aromatic carbocycles. The molecular weight excluding hydrogens is 492 g/mol. The largest absolute Gasteiger partial charge is 0.451 e. The van der Waals surface area contributed by atoms with Crippen molar-refractivity contribution >= 4 is 34.6 Å². The molecule has 7 nitrogen and oxygen atoms in total. The molecule has 0 bridgehead atoms. The first-order chi connectivity index (χ1) is 15.7. The highest BCUT2D eigenvalue weighted by Crippen LogP contribution is 2.37. The number of nitrogens with zero attached hydrogens (tertiary/aromatic N) is 1. The number of nitrogens with one attached hydrogen (secondary N) is 2. The van der Waals surface area contributed by atoms with Crippen molar-refractivity contribution in [2.24, 2.45) is 0 Å². The molecule has 178 valence electrons. The lowest BCUT2D eigenvalue weighted by Gasteiger charge is -2.15. The fourth-order valence-corrected chi connectivity index (χ4v) is 2.95. The van der Waals surface area contributed by atoms with Gasteiger partial charge in [0.15, 0.2) is 10.9 Å². The molecule has 1 aromatic heterocycles. The first-order valence-corrected chi connectivity index (χ1v) is 9.41. The maximum absolute atomic E-state index is 13.0. The molecule has 34 heavy (non-hydrogen) atoms. The Balaban J connectivity index is 1.76. The molecule has 0 spiro atoms. The summed E-state index contributed by atoms with van der Waals surface area (Å²) in [6, 6.07) is 8.66. The van der Waals surface area contributed by atoms with E-state index in [-0.39, 0.29) is 28.8 Å². The van der Waals surface area contributed by atoms with Crippen LogP contribution >= 0.6 is 12.2 Å². The number of alkyl halides is 6. The van der Waals surface area contributed by atoms with Gasteiger partial charge >= 0.3 is 12.4 Å². The van der Waals surface area contributed by atoms with Crippen LogP contribution in [0.25, 0.3) is 11.3 Å². The summed E-state index contributed by atoms with van der Waals surface area (Å²) in [6.45, 7) is 0. The van der Waals surface area contributed by atoms with Crippen LogP contribution in [0, 0.1) is 10.1 Å². The zero-order chi connectivity index (χ0) is 25.3. The van der Waals surface area contributed by atoms with E-state index >= 15 is 0 Å².